The van der Waals surface area contributed by atoms with Gasteiger partial charge in [-0.25, -0.2) is 13.8 Å². The summed E-state index contributed by atoms with van der Waals surface area (Å²) in [7, 11) is 0. The zero-order valence-corrected chi connectivity index (χ0v) is 17.4. The molecule has 0 saturated carbocycles. The van der Waals surface area contributed by atoms with Gasteiger partial charge in [-0.1, -0.05) is 23.7 Å². The molecule has 0 radical (unpaired) electrons. The Morgan fingerprint density at radius 3 is 2.81 bits per heavy atom. The fraction of sp³-hybridized carbons (Fsp3) is 0.304. The fourth-order valence-electron chi connectivity index (χ4n) is 3.62. The van der Waals surface area contributed by atoms with Crippen molar-refractivity contribution in [1.82, 2.24) is 9.88 Å². The first-order valence-electron chi connectivity index (χ1n) is 10.0. The number of piperidine rings is 1. The second kappa shape index (κ2) is 9.47. The number of aromatic nitrogens is 1. The van der Waals surface area contributed by atoms with Crippen LogP contribution in [0.5, 0.6) is 5.75 Å². The summed E-state index contributed by atoms with van der Waals surface area (Å²) in [5.41, 5.74) is 1.07. The van der Waals surface area contributed by atoms with Crippen LogP contribution in [-0.2, 0) is 11.2 Å². The summed E-state index contributed by atoms with van der Waals surface area (Å²) in [5, 5.41) is 0.681. The molecule has 1 amide bonds. The lowest BCUT2D eigenvalue weighted by atomic mass is 9.98. The molecule has 2 heterocycles. The third-order valence-electron chi connectivity index (χ3n) is 5.23. The molecule has 1 saturated heterocycles. The molecule has 8 heteroatoms. The lowest BCUT2D eigenvalue weighted by molar-refractivity contribution is -0.134. The van der Waals surface area contributed by atoms with Crippen LogP contribution in [0.3, 0.4) is 0 Å². The molecule has 1 aliphatic rings. The Labute approximate surface area is 183 Å². The molecular formula is C23H21ClF2N2O3. The van der Waals surface area contributed by atoms with Gasteiger partial charge in [-0.2, -0.15) is 0 Å². The maximum absolute atomic E-state index is 13.7. The molecule has 4 rings (SSSR count). The van der Waals surface area contributed by atoms with Crippen LogP contribution in [0.25, 0.3) is 0 Å². The highest BCUT2D eigenvalue weighted by molar-refractivity contribution is 6.30. The van der Waals surface area contributed by atoms with E-state index in [4.69, 9.17) is 20.8 Å². The molecule has 1 fully saturated rings. The molecule has 0 aliphatic carbocycles. The van der Waals surface area contributed by atoms with Crippen molar-refractivity contribution in [2.75, 3.05) is 19.7 Å². The van der Waals surface area contributed by atoms with E-state index < -0.39 is 11.6 Å². The molecule has 1 aromatic heterocycles. The van der Waals surface area contributed by atoms with Crippen LogP contribution in [0, 0.1) is 11.6 Å². The first-order chi connectivity index (χ1) is 15.0. The van der Waals surface area contributed by atoms with Gasteiger partial charge in [0.2, 0.25) is 0 Å². The number of rotatable bonds is 6. The Morgan fingerprint density at radius 1 is 1.23 bits per heavy atom. The van der Waals surface area contributed by atoms with E-state index in [2.05, 4.69) is 4.98 Å². The number of hydrogen-bond donors (Lipinski definition) is 0. The normalized spacial score (nSPS) is 16.4. The highest BCUT2D eigenvalue weighted by Crippen LogP contribution is 2.28. The van der Waals surface area contributed by atoms with Gasteiger partial charge in [-0.15, -0.1) is 0 Å². The number of benzene rings is 2. The molecule has 2 aromatic carbocycles. The van der Waals surface area contributed by atoms with Gasteiger partial charge in [-0.05, 0) is 42.7 Å². The van der Waals surface area contributed by atoms with Crippen molar-refractivity contribution in [2.24, 2.45) is 0 Å². The molecule has 162 valence electrons. The van der Waals surface area contributed by atoms with Gasteiger partial charge in [0.15, 0.2) is 24.1 Å². The van der Waals surface area contributed by atoms with Crippen LogP contribution in [0.1, 0.15) is 36.0 Å². The summed E-state index contributed by atoms with van der Waals surface area (Å²) in [6.07, 6.45) is 3.98. The Hall–Kier alpha value is -2.93. The molecule has 1 unspecified atom stereocenters. The number of likely N-dealkylation sites (tertiary alicyclic amines) is 1. The zero-order chi connectivity index (χ0) is 21.8. The van der Waals surface area contributed by atoms with E-state index in [9.17, 15) is 13.6 Å². The van der Waals surface area contributed by atoms with E-state index in [-0.39, 0.29) is 24.2 Å². The minimum Gasteiger partial charge on any atom is -0.481 e. The number of ether oxygens (including phenoxy) is 1. The monoisotopic (exact) mass is 446 g/mol. The molecule has 0 spiro atoms. The number of oxazole rings is 1. The van der Waals surface area contributed by atoms with Crippen molar-refractivity contribution in [3.8, 4) is 5.75 Å². The van der Waals surface area contributed by atoms with Crippen LogP contribution in [0.15, 0.2) is 53.1 Å². The van der Waals surface area contributed by atoms with Crippen LogP contribution in [0.2, 0.25) is 5.02 Å². The van der Waals surface area contributed by atoms with Gasteiger partial charge < -0.3 is 14.1 Å². The fourth-order valence-corrected chi connectivity index (χ4v) is 3.75. The van der Waals surface area contributed by atoms with Crippen molar-refractivity contribution in [3.05, 3.63) is 82.5 Å². The molecule has 0 bridgehead atoms. The van der Waals surface area contributed by atoms with Crippen LogP contribution in [0.4, 0.5) is 8.78 Å². The molecule has 31 heavy (non-hydrogen) atoms. The summed E-state index contributed by atoms with van der Waals surface area (Å²) < 4.78 is 37.9. The maximum atomic E-state index is 13.7. The highest BCUT2D eigenvalue weighted by atomic mass is 35.5. The van der Waals surface area contributed by atoms with E-state index in [1.54, 1.807) is 11.1 Å². The highest BCUT2D eigenvalue weighted by Gasteiger charge is 2.28. The number of carbonyl (C=O) groups is 1. The van der Waals surface area contributed by atoms with Gasteiger partial charge in [0.1, 0.15) is 11.6 Å². The topological polar surface area (TPSA) is 55.6 Å². The Bertz CT molecular complexity index is 1060. The quantitative estimate of drug-likeness (QED) is 0.535. The van der Waals surface area contributed by atoms with Crippen LogP contribution < -0.4 is 4.74 Å². The SMILES string of the molecule is O=C(COc1ccc(F)cc1F)N1CCCC(c2ncc(Cc3ccc(Cl)cc3)o2)C1. The van der Waals surface area contributed by atoms with E-state index in [0.717, 1.165) is 36.3 Å². The number of carbonyl (C=O) groups excluding carboxylic acids is 1. The Kier molecular flexibility index (Phi) is 6.51. The van der Waals surface area contributed by atoms with Gasteiger partial charge in [0.05, 0.1) is 12.1 Å². The van der Waals surface area contributed by atoms with Crippen molar-refractivity contribution in [3.63, 3.8) is 0 Å². The molecule has 1 aliphatic heterocycles. The van der Waals surface area contributed by atoms with E-state index >= 15 is 0 Å². The Morgan fingerprint density at radius 2 is 2.03 bits per heavy atom. The third kappa shape index (κ3) is 5.41. The number of hydrogen-bond acceptors (Lipinski definition) is 4. The average molecular weight is 447 g/mol. The number of amides is 1. The summed E-state index contributed by atoms with van der Waals surface area (Å²) in [6, 6.07) is 10.5. The lowest BCUT2D eigenvalue weighted by Gasteiger charge is -2.31. The van der Waals surface area contributed by atoms with Gasteiger partial charge in [0.25, 0.3) is 5.91 Å². The minimum atomic E-state index is -0.836. The smallest absolute Gasteiger partial charge is 0.260 e. The van der Waals surface area contributed by atoms with Crippen molar-refractivity contribution in [1.29, 1.82) is 0 Å². The van der Waals surface area contributed by atoms with Crippen molar-refractivity contribution >= 4 is 17.5 Å². The van der Waals surface area contributed by atoms with E-state index in [0.29, 0.717) is 30.4 Å². The predicted octanol–water partition coefficient (Wildman–Crippen LogP) is 4.98. The lowest BCUT2D eigenvalue weighted by Crippen LogP contribution is -2.41. The predicted molar refractivity (Wildman–Crippen MR) is 111 cm³/mol. The minimum absolute atomic E-state index is 0.0146. The van der Waals surface area contributed by atoms with Gasteiger partial charge in [0, 0.05) is 30.6 Å². The van der Waals surface area contributed by atoms with E-state index in [1.807, 2.05) is 24.3 Å². The third-order valence-corrected chi connectivity index (χ3v) is 5.48. The molecule has 1 atom stereocenters. The second-order valence-corrected chi connectivity index (χ2v) is 7.95. The summed E-state index contributed by atoms with van der Waals surface area (Å²) in [6.45, 7) is 0.723. The summed E-state index contributed by atoms with van der Waals surface area (Å²) in [5.74, 6) is -0.611. The number of halogens is 3. The summed E-state index contributed by atoms with van der Waals surface area (Å²) in [4.78, 5) is 18.6. The van der Waals surface area contributed by atoms with Crippen molar-refractivity contribution < 1.29 is 22.7 Å². The maximum Gasteiger partial charge on any atom is 0.260 e. The average Bonchev–Trinajstić information content (AvgIpc) is 3.23. The molecule has 3 aromatic rings. The largest absolute Gasteiger partial charge is 0.481 e. The van der Waals surface area contributed by atoms with Crippen molar-refractivity contribution in [2.45, 2.75) is 25.2 Å². The molecule has 0 N–H and O–H groups in total. The first-order valence-corrected chi connectivity index (χ1v) is 10.4. The van der Waals surface area contributed by atoms with E-state index in [1.165, 1.54) is 6.07 Å². The standard InChI is InChI=1S/C23H21ClF2N2O3/c24-17-5-3-15(4-6-17)10-19-12-27-23(31-19)16-2-1-9-28(13-16)22(29)14-30-21-8-7-18(25)11-20(21)26/h3-8,11-12,16H,1-2,9-10,13-14H2. The zero-order valence-electron chi connectivity index (χ0n) is 16.7. The first kappa shape index (κ1) is 21.3. The van der Waals surface area contributed by atoms with Crippen LogP contribution >= 0.6 is 11.6 Å². The Balaban J connectivity index is 1.34. The number of nitrogens with zero attached hydrogens (tertiary/aromatic N) is 2. The summed E-state index contributed by atoms with van der Waals surface area (Å²) >= 11 is 5.92. The second-order valence-electron chi connectivity index (χ2n) is 7.51. The van der Waals surface area contributed by atoms with Gasteiger partial charge in [-0.3, -0.25) is 4.79 Å². The van der Waals surface area contributed by atoms with Crippen LogP contribution in [-0.4, -0.2) is 35.5 Å². The molecule has 5 nitrogen and oxygen atoms in total. The van der Waals surface area contributed by atoms with Gasteiger partial charge >= 0.3 is 0 Å². The molecular weight excluding hydrogens is 426 g/mol.